The van der Waals surface area contributed by atoms with Crippen molar-refractivity contribution in [1.29, 1.82) is 0 Å². The third-order valence-electron chi connectivity index (χ3n) is 2.34. The fourth-order valence-corrected chi connectivity index (χ4v) is 2.21. The maximum Gasteiger partial charge on any atom is 0.263 e. The molecule has 0 saturated heterocycles. The van der Waals surface area contributed by atoms with Gasteiger partial charge >= 0.3 is 0 Å². The highest BCUT2D eigenvalue weighted by Crippen LogP contribution is 2.19. The number of amides is 1. The predicted molar refractivity (Wildman–Crippen MR) is 67.7 cm³/mol. The number of nitrogens with zero attached hydrogens (tertiary/aromatic N) is 1. The lowest BCUT2D eigenvalue weighted by Gasteiger charge is -2.03. The Labute approximate surface area is 100 Å². The summed E-state index contributed by atoms with van der Waals surface area (Å²) in [5, 5.41) is 3.34. The van der Waals surface area contributed by atoms with Crippen LogP contribution in [0.15, 0.2) is 0 Å². The van der Waals surface area contributed by atoms with Crippen LogP contribution in [0.4, 0.5) is 5.13 Å². The summed E-state index contributed by atoms with van der Waals surface area (Å²) in [5.41, 5.74) is 6.26. The molecular weight excluding hydrogens is 222 g/mol. The van der Waals surface area contributed by atoms with E-state index in [1.165, 1.54) is 30.6 Å². The minimum Gasteiger partial charge on any atom is -0.375 e. The number of aromatic nitrogens is 1. The van der Waals surface area contributed by atoms with Crippen LogP contribution in [0.3, 0.4) is 0 Å². The number of nitrogens with one attached hydrogen (secondary N) is 1. The minimum absolute atomic E-state index is 0.0526. The number of carbonyl (C=O) groups is 1. The van der Waals surface area contributed by atoms with Crippen molar-refractivity contribution in [3.8, 4) is 0 Å². The Morgan fingerprint density at radius 2 is 2.19 bits per heavy atom. The summed E-state index contributed by atoms with van der Waals surface area (Å²) in [7, 11) is 0. The number of nitrogens with two attached hydrogens (primary N) is 1. The van der Waals surface area contributed by atoms with Crippen LogP contribution < -0.4 is 11.1 Å². The standard InChI is InChI=1S/C11H19N3OS/c1-3-4-5-6-7-13-10(15)9-8(2)14-11(12)16-9/h3-7H2,1-2H3,(H2,12,14)(H,13,15). The van der Waals surface area contributed by atoms with E-state index in [2.05, 4.69) is 17.2 Å². The minimum atomic E-state index is -0.0526. The summed E-state index contributed by atoms with van der Waals surface area (Å²) in [6.45, 7) is 4.71. The van der Waals surface area contributed by atoms with Gasteiger partial charge in [-0.2, -0.15) is 0 Å². The highest BCUT2D eigenvalue weighted by Gasteiger charge is 2.12. The predicted octanol–water partition coefficient (Wildman–Crippen LogP) is 2.34. The highest BCUT2D eigenvalue weighted by atomic mass is 32.1. The molecule has 0 aliphatic rings. The fraction of sp³-hybridized carbons (Fsp3) is 0.636. The van der Waals surface area contributed by atoms with E-state index in [9.17, 15) is 4.79 Å². The Morgan fingerprint density at radius 1 is 1.44 bits per heavy atom. The van der Waals surface area contributed by atoms with Gasteiger partial charge in [-0.05, 0) is 13.3 Å². The molecule has 1 aromatic heterocycles. The molecule has 5 heteroatoms. The van der Waals surface area contributed by atoms with Gasteiger partial charge in [0.15, 0.2) is 5.13 Å². The van der Waals surface area contributed by atoms with Crippen LogP contribution in [0.25, 0.3) is 0 Å². The molecule has 0 saturated carbocycles. The smallest absolute Gasteiger partial charge is 0.263 e. The Balaban J connectivity index is 2.33. The zero-order valence-electron chi connectivity index (χ0n) is 9.88. The van der Waals surface area contributed by atoms with E-state index in [1.807, 2.05) is 0 Å². The fourth-order valence-electron chi connectivity index (χ4n) is 1.46. The van der Waals surface area contributed by atoms with Gasteiger partial charge in [-0.25, -0.2) is 4.98 Å². The zero-order valence-corrected chi connectivity index (χ0v) is 10.7. The molecular formula is C11H19N3OS. The van der Waals surface area contributed by atoms with E-state index in [1.54, 1.807) is 6.92 Å². The van der Waals surface area contributed by atoms with Crippen molar-refractivity contribution in [2.24, 2.45) is 0 Å². The van der Waals surface area contributed by atoms with Crippen molar-refractivity contribution in [2.45, 2.75) is 39.5 Å². The van der Waals surface area contributed by atoms with Gasteiger partial charge < -0.3 is 11.1 Å². The molecule has 0 aliphatic carbocycles. The molecule has 3 N–H and O–H groups in total. The monoisotopic (exact) mass is 241 g/mol. The van der Waals surface area contributed by atoms with Crippen LogP contribution in [0.1, 0.15) is 48.0 Å². The Kier molecular flexibility index (Phi) is 5.25. The summed E-state index contributed by atoms with van der Waals surface area (Å²) < 4.78 is 0. The summed E-state index contributed by atoms with van der Waals surface area (Å²) in [5.74, 6) is -0.0526. The number of carbonyl (C=O) groups excluding carboxylic acids is 1. The molecule has 0 aromatic carbocycles. The van der Waals surface area contributed by atoms with Crippen LogP contribution in [-0.2, 0) is 0 Å². The van der Waals surface area contributed by atoms with E-state index in [0.717, 1.165) is 13.0 Å². The summed E-state index contributed by atoms with van der Waals surface area (Å²) in [6, 6.07) is 0. The van der Waals surface area contributed by atoms with Crippen molar-refractivity contribution in [3.63, 3.8) is 0 Å². The van der Waals surface area contributed by atoms with Gasteiger partial charge in [0.1, 0.15) is 4.88 Å². The second-order valence-electron chi connectivity index (χ2n) is 3.78. The highest BCUT2D eigenvalue weighted by molar-refractivity contribution is 7.17. The van der Waals surface area contributed by atoms with Crippen molar-refractivity contribution >= 4 is 22.4 Å². The quantitative estimate of drug-likeness (QED) is 0.751. The SMILES string of the molecule is CCCCCCNC(=O)c1sc(N)nc1C. The molecule has 0 atom stereocenters. The molecule has 4 nitrogen and oxygen atoms in total. The van der Waals surface area contributed by atoms with E-state index in [-0.39, 0.29) is 5.91 Å². The number of hydrogen-bond acceptors (Lipinski definition) is 4. The molecule has 0 aliphatic heterocycles. The first-order valence-electron chi connectivity index (χ1n) is 5.66. The first-order chi connectivity index (χ1) is 7.65. The molecule has 0 radical (unpaired) electrons. The van der Waals surface area contributed by atoms with Gasteiger partial charge in [-0.1, -0.05) is 37.5 Å². The third kappa shape index (κ3) is 3.81. The number of aryl methyl sites for hydroxylation is 1. The lowest BCUT2D eigenvalue weighted by Crippen LogP contribution is -2.24. The molecule has 0 fully saturated rings. The van der Waals surface area contributed by atoms with Crippen LogP contribution in [0.5, 0.6) is 0 Å². The zero-order chi connectivity index (χ0) is 12.0. The Hall–Kier alpha value is -1.10. The molecule has 1 aromatic rings. The van der Waals surface area contributed by atoms with Crippen LogP contribution in [0, 0.1) is 6.92 Å². The average Bonchev–Trinajstić information content (AvgIpc) is 2.57. The van der Waals surface area contributed by atoms with Crippen molar-refractivity contribution in [2.75, 3.05) is 12.3 Å². The Morgan fingerprint density at radius 3 is 2.75 bits per heavy atom. The third-order valence-corrected chi connectivity index (χ3v) is 3.32. The first kappa shape index (κ1) is 13.0. The first-order valence-corrected chi connectivity index (χ1v) is 6.48. The lowest BCUT2D eigenvalue weighted by atomic mass is 10.2. The number of nitrogen functional groups attached to an aromatic ring is 1. The maximum atomic E-state index is 11.7. The van der Waals surface area contributed by atoms with E-state index < -0.39 is 0 Å². The molecule has 0 unspecified atom stereocenters. The molecule has 1 amide bonds. The largest absolute Gasteiger partial charge is 0.375 e. The number of anilines is 1. The normalized spacial score (nSPS) is 10.4. The molecule has 90 valence electrons. The van der Waals surface area contributed by atoms with Gasteiger partial charge in [0.05, 0.1) is 5.69 Å². The van der Waals surface area contributed by atoms with E-state index in [0.29, 0.717) is 15.7 Å². The number of hydrogen-bond donors (Lipinski definition) is 2. The summed E-state index contributed by atoms with van der Waals surface area (Å²) in [6.07, 6.45) is 4.63. The second kappa shape index (κ2) is 6.48. The van der Waals surface area contributed by atoms with Gasteiger partial charge in [-0.15, -0.1) is 0 Å². The topological polar surface area (TPSA) is 68.0 Å². The average molecular weight is 241 g/mol. The van der Waals surface area contributed by atoms with Crippen molar-refractivity contribution in [3.05, 3.63) is 10.6 Å². The second-order valence-corrected chi connectivity index (χ2v) is 4.81. The number of thiazole rings is 1. The lowest BCUT2D eigenvalue weighted by molar-refractivity contribution is 0.0956. The molecule has 0 bridgehead atoms. The summed E-state index contributed by atoms with van der Waals surface area (Å²) in [4.78, 5) is 16.4. The van der Waals surface area contributed by atoms with Crippen LogP contribution >= 0.6 is 11.3 Å². The van der Waals surface area contributed by atoms with Crippen molar-refractivity contribution in [1.82, 2.24) is 10.3 Å². The van der Waals surface area contributed by atoms with E-state index >= 15 is 0 Å². The number of unbranched alkanes of at least 4 members (excludes halogenated alkanes) is 3. The van der Waals surface area contributed by atoms with Gasteiger partial charge in [0, 0.05) is 6.54 Å². The van der Waals surface area contributed by atoms with Crippen molar-refractivity contribution < 1.29 is 4.79 Å². The summed E-state index contributed by atoms with van der Waals surface area (Å²) >= 11 is 1.25. The molecule has 0 spiro atoms. The molecule has 16 heavy (non-hydrogen) atoms. The van der Waals surface area contributed by atoms with Gasteiger partial charge in [-0.3, -0.25) is 4.79 Å². The number of rotatable bonds is 6. The van der Waals surface area contributed by atoms with Gasteiger partial charge in [0.25, 0.3) is 5.91 Å². The van der Waals surface area contributed by atoms with Gasteiger partial charge in [0.2, 0.25) is 0 Å². The maximum absolute atomic E-state index is 11.7. The molecule has 1 heterocycles. The molecule has 1 rings (SSSR count). The van der Waals surface area contributed by atoms with Crippen LogP contribution in [-0.4, -0.2) is 17.4 Å². The van der Waals surface area contributed by atoms with Crippen LogP contribution in [0.2, 0.25) is 0 Å². The van der Waals surface area contributed by atoms with E-state index in [4.69, 9.17) is 5.73 Å². The Bertz CT molecular complexity index is 349.